The van der Waals surface area contributed by atoms with E-state index in [-0.39, 0.29) is 10.8 Å². The van der Waals surface area contributed by atoms with E-state index in [4.69, 9.17) is 14.6 Å². The van der Waals surface area contributed by atoms with Gasteiger partial charge in [-0.15, -0.1) is 0 Å². The SMILES string of the molecule is CCOc1ccc2cc(O)c(F)c(F)c2c1.CCOc1ccc2ccc(F)c(F)c2c1. The lowest BCUT2D eigenvalue weighted by atomic mass is 10.1. The van der Waals surface area contributed by atoms with E-state index in [2.05, 4.69) is 0 Å². The second-order valence-corrected chi connectivity index (χ2v) is 6.52. The van der Waals surface area contributed by atoms with Crippen molar-refractivity contribution in [2.75, 3.05) is 13.2 Å². The monoisotopic (exact) mass is 432 g/mol. The Labute approximate surface area is 176 Å². The van der Waals surface area contributed by atoms with E-state index in [1.807, 2.05) is 6.92 Å². The van der Waals surface area contributed by atoms with E-state index in [1.54, 1.807) is 37.3 Å². The molecule has 0 radical (unpaired) electrons. The van der Waals surface area contributed by atoms with Crippen LogP contribution in [-0.2, 0) is 0 Å². The molecule has 3 nitrogen and oxygen atoms in total. The Bertz CT molecular complexity index is 1220. The topological polar surface area (TPSA) is 38.7 Å². The number of hydrogen-bond donors (Lipinski definition) is 1. The van der Waals surface area contributed by atoms with E-state index >= 15 is 0 Å². The lowest BCUT2D eigenvalue weighted by Gasteiger charge is -2.06. The fraction of sp³-hybridized carbons (Fsp3) is 0.167. The molecule has 7 heteroatoms. The first-order valence-corrected chi connectivity index (χ1v) is 9.59. The second-order valence-electron chi connectivity index (χ2n) is 6.52. The molecule has 4 aromatic carbocycles. The summed E-state index contributed by atoms with van der Waals surface area (Å²) in [6.07, 6.45) is 0. The predicted molar refractivity (Wildman–Crippen MR) is 112 cm³/mol. The van der Waals surface area contributed by atoms with Gasteiger partial charge in [-0.3, -0.25) is 0 Å². The van der Waals surface area contributed by atoms with Crippen molar-refractivity contribution in [3.8, 4) is 17.2 Å². The van der Waals surface area contributed by atoms with Crippen molar-refractivity contribution in [2.45, 2.75) is 13.8 Å². The third kappa shape index (κ3) is 4.82. The largest absolute Gasteiger partial charge is 0.505 e. The standard InChI is InChI=1S/C12H10F2O2.C12H10F2O/c1-2-16-8-4-3-7-5-10(15)12(14)11(13)9(7)6-8;1-2-15-9-5-3-8-4-6-11(13)12(14)10(8)7-9/h3-6,15H,2H2,1H3;3-7H,2H2,1H3. The summed E-state index contributed by atoms with van der Waals surface area (Å²) < 4.78 is 63.3. The van der Waals surface area contributed by atoms with Crippen LogP contribution < -0.4 is 9.47 Å². The highest BCUT2D eigenvalue weighted by Gasteiger charge is 2.13. The number of phenolic OH excluding ortho intramolecular Hbond substituents is 1. The van der Waals surface area contributed by atoms with Crippen molar-refractivity contribution in [1.82, 2.24) is 0 Å². The van der Waals surface area contributed by atoms with Crippen LogP contribution in [0.5, 0.6) is 17.2 Å². The molecule has 0 unspecified atom stereocenters. The van der Waals surface area contributed by atoms with Gasteiger partial charge in [0.2, 0.25) is 5.82 Å². The Hall–Kier alpha value is -3.48. The van der Waals surface area contributed by atoms with Gasteiger partial charge in [0.15, 0.2) is 23.2 Å². The summed E-state index contributed by atoms with van der Waals surface area (Å²) in [5.41, 5.74) is 0. The Morgan fingerprint density at radius 3 is 1.74 bits per heavy atom. The summed E-state index contributed by atoms with van der Waals surface area (Å²) in [4.78, 5) is 0. The van der Waals surface area contributed by atoms with Gasteiger partial charge < -0.3 is 14.6 Å². The minimum Gasteiger partial charge on any atom is -0.505 e. The summed E-state index contributed by atoms with van der Waals surface area (Å²) in [5.74, 6) is -3.62. The fourth-order valence-electron chi connectivity index (χ4n) is 3.04. The van der Waals surface area contributed by atoms with Gasteiger partial charge in [0.25, 0.3) is 0 Å². The molecule has 0 aromatic heterocycles. The minimum atomic E-state index is -1.24. The zero-order valence-corrected chi connectivity index (χ0v) is 16.9. The summed E-state index contributed by atoms with van der Waals surface area (Å²) in [6, 6.07) is 13.4. The predicted octanol–water partition coefficient (Wildman–Crippen LogP) is 6.74. The highest BCUT2D eigenvalue weighted by Crippen LogP contribution is 2.30. The van der Waals surface area contributed by atoms with Crippen LogP contribution in [0.25, 0.3) is 21.5 Å². The second kappa shape index (κ2) is 9.55. The van der Waals surface area contributed by atoms with Gasteiger partial charge >= 0.3 is 0 Å². The molecule has 0 bridgehead atoms. The first kappa shape index (κ1) is 22.2. The van der Waals surface area contributed by atoms with E-state index in [9.17, 15) is 17.6 Å². The molecule has 31 heavy (non-hydrogen) atoms. The normalized spacial score (nSPS) is 10.6. The molecule has 4 aromatic rings. The number of halogens is 4. The van der Waals surface area contributed by atoms with Gasteiger partial charge in [0.05, 0.1) is 13.2 Å². The van der Waals surface area contributed by atoms with E-state index in [0.717, 1.165) is 6.07 Å². The summed E-state index contributed by atoms with van der Waals surface area (Å²) in [5, 5.41) is 10.6. The van der Waals surface area contributed by atoms with Crippen molar-refractivity contribution >= 4 is 21.5 Å². The van der Waals surface area contributed by atoms with Crippen LogP contribution in [-0.4, -0.2) is 18.3 Å². The van der Waals surface area contributed by atoms with Crippen LogP contribution >= 0.6 is 0 Å². The number of fused-ring (bicyclic) bond motifs is 2. The zero-order chi connectivity index (χ0) is 22.5. The van der Waals surface area contributed by atoms with Crippen LogP contribution in [0.15, 0.2) is 54.6 Å². The maximum Gasteiger partial charge on any atom is 0.201 e. The molecule has 0 heterocycles. The number of rotatable bonds is 4. The number of benzene rings is 4. The molecular weight excluding hydrogens is 412 g/mol. The number of aromatic hydroxyl groups is 1. The molecule has 0 fully saturated rings. The van der Waals surface area contributed by atoms with E-state index in [0.29, 0.717) is 35.5 Å². The number of ether oxygens (including phenoxy) is 2. The Morgan fingerprint density at radius 2 is 1.16 bits per heavy atom. The number of phenols is 1. The quantitative estimate of drug-likeness (QED) is 0.363. The van der Waals surface area contributed by atoms with Crippen molar-refractivity contribution in [2.24, 2.45) is 0 Å². The van der Waals surface area contributed by atoms with Crippen LogP contribution in [0, 0.1) is 23.3 Å². The molecule has 162 valence electrons. The lowest BCUT2D eigenvalue weighted by Crippen LogP contribution is -1.93. The van der Waals surface area contributed by atoms with Gasteiger partial charge in [-0.1, -0.05) is 18.2 Å². The Morgan fingerprint density at radius 1 is 0.645 bits per heavy atom. The van der Waals surface area contributed by atoms with Crippen molar-refractivity contribution in [1.29, 1.82) is 0 Å². The average molecular weight is 432 g/mol. The van der Waals surface area contributed by atoms with Crippen molar-refractivity contribution in [3.05, 3.63) is 77.9 Å². The maximum absolute atomic E-state index is 13.5. The van der Waals surface area contributed by atoms with Gasteiger partial charge in [-0.25, -0.2) is 13.2 Å². The van der Waals surface area contributed by atoms with Crippen molar-refractivity contribution < 1.29 is 32.1 Å². The zero-order valence-electron chi connectivity index (χ0n) is 16.9. The van der Waals surface area contributed by atoms with Crippen LogP contribution in [0.1, 0.15) is 13.8 Å². The highest BCUT2D eigenvalue weighted by molar-refractivity contribution is 5.86. The molecule has 0 aliphatic carbocycles. The first-order chi connectivity index (χ1) is 14.8. The van der Waals surface area contributed by atoms with Gasteiger partial charge in [0.1, 0.15) is 11.5 Å². The third-order valence-corrected chi connectivity index (χ3v) is 4.47. The molecule has 1 N–H and O–H groups in total. The lowest BCUT2D eigenvalue weighted by molar-refractivity contribution is 0.340. The Kier molecular flexibility index (Phi) is 6.84. The molecule has 4 rings (SSSR count). The first-order valence-electron chi connectivity index (χ1n) is 9.59. The summed E-state index contributed by atoms with van der Waals surface area (Å²) in [6.45, 7) is 4.60. The molecule has 0 saturated carbocycles. The van der Waals surface area contributed by atoms with Crippen LogP contribution in [0.2, 0.25) is 0 Å². The minimum absolute atomic E-state index is 0.0984. The van der Waals surface area contributed by atoms with Crippen LogP contribution in [0.3, 0.4) is 0 Å². The molecule has 0 spiro atoms. The molecule has 0 saturated heterocycles. The van der Waals surface area contributed by atoms with Gasteiger partial charge in [-0.05, 0) is 61.0 Å². The number of hydrogen-bond acceptors (Lipinski definition) is 3. The molecule has 0 aliphatic rings. The third-order valence-electron chi connectivity index (χ3n) is 4.47. The molecule has 0 atom stereocenters. The van der Waals surface area contributed by atoms with Crippen LogP contribution in [0.4, 0.5) is 17.6 Å². The van der Waals surface area contributed by atoms with E-state index < -0.39 is 29.0 Å². The molecular formula is C24H20F4O3. The summed E-state index contributed by atoms with van der Waals surface area (Å²) in [7, 11) is 0. The van der Waals surface area contributed by atoms with E-state index in [1.165, 1.54) is 18.2 Å². The molecule has 0 amide bonds. The highest BCUT2D eigenvalue weighted by atomic mass is 19.2. The average Bonchev–Trinajstić information content (AvgIpc) is 2.76. The Balaban J connectivity index is 0.000000176. The van der Waals surface area contributed by atoms with Gasteiger partial charge in [0, 0.05) is 10.8 Å². The smallest absolute Gasteiger partial charge is 0.201 e. The maximum atomic E-state index is 13.5. The molecule has 0 aliphatic heterocycles. The van der Waals surface area contributed by atoms with Crippen molar-refractivity contribution in [3.63, 3.8) is 0 Å². The summed E-state index contributed by atoms with van der Waals surface area (Å²) >= 11 is 0. The fourth-order valence-corrected chi connectivity index (χ4v) is 3.04. The van der Waals surface area contributed by atoms with Gasteiger partial charge in [-0.2, -0.15) is 4.39 Å².